The van der Waals surface area contributed by atoms with Crippen molar-refractivity contribution in [3.63, 3.8) is 0 Å². The zero-order valence-corrected chi connectivity index (χ0v) is 9.34. The highest BCUT2D eigenvalue weighted by Crippen LogP contribution is 2.31. The van der Waals surface area contributed by atoms with Gasteiger partial charge >= 0.3 is 0 Å². The lowest BCUT2D eigenvalue weighted by Gasteiger charge is -2.20. The maximum atomic E-state index is 9.79. The van der Waals surface area contributed by atoms with E-state index in [0.29, 0.717) is 5.75 Å². The highest BCUT2D eigenvalue weighted by molar-refractivity contribution is 5.45. The summed E-state index contributed by atoms with van der Waals surface area (Å²) in [5.74, 6) is 0.498. The first-order chi connectivity index (χ1) is 7.33. The second-order valence-corrected chi connectivity index (χ2v) is 4.26. The van der Waals surface area contributed by atoms with Gasteiger partial charge in [-0.2, -0.15) is 0 Å². The number of likely N-dealkylation sites (N-methyl/N-ethyl adjacent to an activating group) is 1. The smallest absolute Gasteiger partial charge is 0.119 e. The molecule has 2 rings (SSSR count). The topological polar surface area (TPSA) is 32.3 Å². The van der Waals surface area contributed by atoms with Crippen molar-refractivity contribution in [2.45, 2.75) is 32.1 Å². The van der Waals surface area contributed by atoms with Crippen LogP contribution >= 0.6 is 0 Å². The fraction of sp³-hybridized carbons (Fsp3) is 0.538. The normalized spacial score (nSPS) is 15.0. The molecule has 0 amide bonds. The van der Waals surface area contributed by atoms with Gasteiger partial charge < -0.3 is 10.4 Å². The van der Waals surface area contributed by atoms with Crippen molar-refractivity contribution in [3.8, 4) is 5.75 Å². The second kappa shape index (κ2) is 4.67. The van der Waals surface area contributed by atoms with Crippen molar-refractivity contribution in [3.05, 3.63) is 28.8 Å². The minimum absolute atomic E-state index is 0.498. The largest absolute Gasteiger partial charge is 0.508 e. The molecule has 0 unspecified atom stereocenters. The molecule has 0 saturated heterocycles. The molecule has 0 aromatic heterocycles. The first kappa shape index (κ1) is 10.5. The van der Waals surface area contributed by atoms with Crippen LogP contribution < -0.4 is 5.32 Å². The number of rotatable bonds is 3. The molecule has 0 fully saturated rings. The first-order valence-electron chi connectivity index (χ1n) is 5.80. The SMILES string of the molecule is CNCCc1ccc(O)c2c1CCCC2. The van der Waals surface area contributed by atoms with Crippen LogP contribution in [0.15, 0.2) is 12.1 Å². The number of phenols is 1. The van der Waals surface area contributed by atoms with Gasteiger partial charge in [-0.05, 0) is 68.5 Å². The van der Waals surface area contributed by atoms with E-state index >= 15 is 0 Å². The summed E-state index contributed by atoms with van der Waals surface area (Å²) < 4.78 is 0. The van der Waals surface area contributed by atoms with Crippen molar-refractivity contribution in [2.24, 2.45) is 0 Å². The van der Waals surface area contributed by atoms with E-state index in [0.717, 1.165) is 25.8 Å². The molecule has 1 aliphatic carbocycles. The van der Waals surface area contributed by atoms with E-state index in [1.807, 2.05) is 13.1 Å². The lowest BCUT2D eigenvalue weighted by atomic mass is 9.86. The lowest BCUT2D eigenvalue weighted by Crippen LogP contribution is -2.13. The molecule has 2 N–H and O–H groups in total. The number of nitrogens with one attached hydrogen (secondary N) is 1. The molecule has 0 aliphatic heterocycles. The summed E-state index contributed by atoms with van der Waals surface area (Å²) in [6, 6.07) is 3.94. The predicted octanol–water partition coefficient (Wildman–Crippen LogP) is 2.03. The van der Waals surface area contributed by atoms with E-state index in [1.165, 1.54) is 29.5 Å². The van der Waals surface area contributed by atoms with Gasteiger partial charge in [-0.15, -0.1) is 0 Å². The van der Waals surface area contributed by atoms with Gasteiger partial charge in [0.15, 0.2) is 0 Å². The molecule has 0 spiro atoms. The summed E-state index contributed by atoms with van der Waals surface area (Å²) in [4.78, 5) is 0. The van der Waals surface area contributed by atoms with Crippen LogP contribution in [0, 0.1) is 0 Å². The highest BCUT2D eigenvalue weighted by Gasteiger charge is 2.16. The summed E-state index contributed by atoms with van der Waals surface area (Å²) in [7, 11) is 1.98. The summed E-state index contributed by atoms with van der Waals surface area (Å²) in [6.07, 6.45) is 5.75. The third-order valence-corrected chi connectivity index (χ3v) is 3.25. The minimum Gasteiger partial charge on any atom is -0.508 e. The predicted molar refractivity (Wildman–Crippen MR) is 62.4 cm³/mol. The molecule has 15 heavy (non-hydrogen) atoms. The zero-order valence-electron chi connectivity index (χ0n) is 9.34. The number of hydrogen-bond acceptors (Lipinski definition) is 2. The van der Waals surface area contributed by atoms with E-state index in [4.69, 9.17) is 0 Å². The van der Waals surface area contributed by atoms with Gasteiger partial charge in [-0.1, -0.05) is 6.07 Å². The minimum atomic E-state index is 0.498. The van der Waals surface area contributed by atoms with E-state index in [2.05, 4.69) is 11.4 Å². The molecule has 0 saturated carbocycles. The molecule has 0 radical (unpaired) electrons. The molecule has 1 aromatic carbocycles. The number of aromatic hydroxyl groups is 1. The Morgan fingerprint density at radius 1 is 1.20 bits per heavy atom. The summed E-state index contributed by atoms with van der Waals surface area (Å²) >= 11 is 0. The Morgan fingerprint density at radius 2 is 1.93 bits per heavy atom. The second-order valence-electron chi connectivity index (χ2n) is 4.26. The van der Waals surface area contributed by atoms with Crippen molar-refractivity contribution in [1.82, 2.24) is 5.32 Å². The van der Waals surface area contributed by atoms with Crippen molar-refractivity contribution < 1.29 is 5.11 Å². The fourth-order valence-electron chi connectivity index (χ4n) is 2.42. The van der Waals surface area contributed by atoms with Crippen LogP contribution in [0.4, 0.5) is 0 Å². The number of fused-ring (bicyclic) bond motifs is 1. The van der Waals surface area contributed by atoms with Gasteiger partial charge in [0, 0.05) is 0 Å². The van der Waals surface area contributed by atoms with Gasteiger partial charge in [0.25, 0.3) is 0 Å². The lowest BCUT2D eigenvalue weighted by molar-refractivity contribution is 0.461. The molecule has 1 aliphatic rings. The Bertz CT molecular complexity index is 347. The Labute approximate surface area is 91.3 Å². The molecule has 2 nitrogen and oxygen atoms in total. The van der Waals surface area contributed by atoms with Crippen LogP contribution in [0.5, 0.6) is 5.75 Å². The number of benzene rings is 1. The Balaban J connectivity index is 2.30. The molecule has 0 heterocycles. The third kappa shape index (κ3) is 2.15. The van der Waals surface area contributed by atoms with Crippen molar-refractivity contribution >= 4 is 0 Å². The van der Waals surface area contributed by atoms with Crippen LogP contribution in [0.25, 0.3) is 0 Å². The van der Waals surface area contributed by atoms with Crippen LogP contribution in [0.2, 0.25) is 0 Å². The summed E-state index contributed by atoms with van der Waals surface area (Å²) in [5.41, 5.74) is 4.03. The highest BCUT2D eigenvalue weighted by atomic mass is 16.3. The first-order valence-corrected chi connectivity index (χ1v) is 5.80. The van der Waals surface area contributed by atoms with E-state index < -0.39 is 0 Å². The van der Waals surface area contributed by atoms with Crippen molar-refractivity contribution in [1.29, 1.82) is 0 Å². The fourth-order valence-corrected chi connectivity index (χ4v) is 2.42. The van der Waals surface area contributed by atoms with E-state index in [9.17, 15) is 5.11 Å². The Morgan fingerprint density at radius 3 is 2.67 bits per heavy atom. The molecule has 0 bridgehead atoms. The van der Waals surface area contributed by atoms with Crippen LogP contribution in [-0.2, 0) is 19.3 Å². The number of phenolic OH excluding ortho intramolecular Hbond substituents is 1. The summed E-state index contributed by atoms with van der Waals surface area (Å²) in [5, 5.41) is 13.0. The maximum absolute atomic E-state index is 9.79. The van der Waals surface area contributed by atoms with Crippen LogP contribution in [-0.4, -0.2) is 18.7 Å². The van der Waals surface area contributed by atoms with Gasteiger partial charge in [-0.25, -0.2) is 0 Å². The van der Waals surface area contributed by atoms with Gasteiger partial charge in [0.05, 0.1) is 0 Å². The van der Waals surface area contributed by atoms with Gasteiger partial charge in [0.1, 0.15) is 5.75 Å². The monoisotopic (exact) mass is 205 g/mol. The van der Waals surface area contributed by atoms with E-state index in [-0.39, 0.29) is 0 Å². The average molecular weight is 205 g/mol. The molecular formula is C13H19NO. The molecule has 1 aromatic rings. The summed E-state index contributed by atoms with van der Waals surface area (Å²) in [6.45, 7) is 1.01. The van der Waals surface area contributed by atoms with Gasteiger partial charge in [-0.3, -0.25) is 0 Å². The Hall–Kier alpha value is -1.02. The van der Waals surface area contributed by atoms with Crippen molar-refractivity contribution in [2.75, 3.05) is 13.6 Å². The maximum Gasteiger partial charge on any atom is 0.119 e. The molecule has 82 valence electrons. The average Bonchev–Trinajstić information content (AvgIpc) is 2.29. The molecule has 2 heteroatoms. The van der Waals surface area contributed by atoms with Crippen LogP contribution in [0.1, 0.15) is 29.5 Å². The molecule has 0 atom stereocenters. The van der Waals surface area contributed by atoms with Gasteiger partial charge in [0.2, 0.25) is 0 Å². The van der Waals surface area contributed by atoms with Crippen LogP contribution in [0.3, 0.4) is 0 Å². The zero-order chi connectivity index (χ0) is 10.7. The third-order valence-electron chi connectivity index (χ3n) is 3.25. The molecular weight excluding hydrogens is 186 g/mol. The number of hydrogen-bond donors (Lipinski definition) is 2. The van der Waals surface area contributed by atoms with E-state index in [1.54, 1.807) is 0 Å². The Kier molecular flexibility index (Phi) is 3.27. The standard InChI is InChI=1S/C13H19NO/c1-14-9-8-10-6-7-13(15)12-5-3-2-4-11(10)12/h6-7,14-15H,2-5,8-9H2,1H3. The quantitative estimate of drug-likeness (QED) is 0.791.